The molecule has 2 aromatic rings. The Labute approximate surface area is 143 Å². The molecule has 0 spiro atoms. The maximum Gasteiger partial charge on any atom is 1.00 e. The third kappa shape index (κ3) is 3.97. The van der Waals surface area contributed by atoms with Crippen LogP contribution in [0.1, 0.15) is 0 Å². The molecule has 0 aliphatic carbocycles. The Balaban J connectivity index is 0.00000176. The maximum absolute atomic E-state index is 10.8. The first kappa shape index (κ1) is 17.2. The molecular weight excluding hydrogens is 323 g/mol. The maximum atomic E-state index is 10.8. The van der Waals surface area contributed by atoms with Gasteiger partial charge in [-0.05, 0) is 24.3 Å². The van der Waals surface area contributed by atoms with Gasteiger partial charge in [0.05, 0.1) is 4.90 Å². The third-order valence-electron chi connectivity index (χ3n) is 2.86. The van der Waals surface area contributed by atoms with Crippen molar-refractivity contribution in [2.45, 2.75) is 11.0 Å². The molecule has 1 aliphatic rings. The van der Waals surface area contributed by atoms with Crippen LogP contribution in [0.4, 0.5) is 0 Å². The Bertz CT molecular complexity index is 725. The Morgan fingerprint density at radius 2 is 1.91 bits per heavy atom. The molecule has 1 aromatic heterocycles. The van der Waals surface area contributed by atoms with Crippen LogP contribution >= 0.6 is 11.3 Å². The standard InChI is InChI=1S/C13H12O6S2.Li/c14-21(15,16)11-3-1-9(2-4-11)17-5-10-6-18-12-7-20-8-13(12)19-10;/h1-4,7-8,10H,5-6H2,(H,14,15,16);/q;+1/p-1. The first-order valence-electron chi connectivity index (χ1n) is 6.07. The fourth-order valence-electron chi connectivity index (χ4n) is 1.83. The van der Waals surface area contributed by atoms with E-state index in [-0.39, 0.29) is 36.5 Å². The quantitative estimate of drug-likeness (QED) is 0.520. The second-order valence-corrected chi connectivity index (χ2v) is 6.51. The molecule has 0 amide bonds. The summed E-state index contributed by atoms with van der Waals surface area (Å²) < 4.78 is 49.1. The molecule has 1 aromatic carbocycles. The molecule has 0 saturated carbocycles. The molecular formula is C13H11LiO6S2. The van der Waals surface area contributed by atoms with Crippen LogP contribution in [0, 0.1) is 0 Å². The van der Waals surface area contributed by atoms with Crippen LogP contribution in [0.5, 0.6) is 17.2 Å². The fourth-order valence-corrected chi connectivity index (χ4v) is 2.98. The molecule has 9 heteroatoms. The summed E-state index contributed by atoms with van der Waals surface area (Å²) in [6.07, 6.45) is -0.241. The molecule has 0 fully saturated rings. The number of hydrogen-bond acceptors (Lipinski definition) is 7. The van der Waals surface area contributed by atoms with E-state index in [1.807, 2.05) is 10.8 Å². The molecule has 6 nitrogen and oxygen atoms in total. The van der Waals surface area contributed by atoms with E-state index < -0.39 is 10.1 Å². The van der Waals surface area contributed by atoms with Crippen LogP contribution in [0.15, 0.2) is 39.9 Å². The normalized spacial score (nSPS) is 16.7. The van der Waals surface area contributed by atoms with Gasteiger partial charge in [-0.25, -0.2) is 8.42 Å². The second-order valence-electron chi connectivity index (χ2n) is 4.39. The van der Waals surface area contributed by atoms with Crippen molar-refractivity contribution in [3.63, 3.8) is 0 Å². The van der Waals surface area contributed by atoms with Crippen LogP contribution in [0.25, 0.3) is 0 Å². The van der Waals surface area contributed by atoms with E-state index in [0.29, 0.717) is 18.1 Å². The molecule has 0 N–H and O–H groups in total. The Morgan fingerprint density at radius 3 is 2.59 bits per heavy atom. The predicted octanol–water partition coefficient (Wildman–Crippen LogP) is -1.12. The van der Waals surface area contributed by atoms with E-state index in [1.54, 1.807) is 0 Å². The fraction of sp³-hybridized carbons (Fsp3) is 0.231. The van der Waals surface area contributed by atoms with E-state index in [9.17, 15) is 13.0 Å². The summed E-state index contributed by atoms with van der Waals surface area (Å²) in [6.45, 7) is 0.648. The van der Waals surface area contributed by atoms with E-state index in [0.717, 1.165) is 5.75 Å². The van der Waals surface area contributed by atoms with Gasteiger partial charge in [0.1, 0.15) is 29.1 Å². The smallest absolute Gasteiger partial charge is 0.744 e. The first-order chi connectivity index (χ1) is 10.0. The van der Waals surface area contributed by atoms with Crippen molar-refractivity contribution < 1.29 is 46.0 Å². The van der Waals surface area contributed by atoms with Gasteiger partial charge in [0.25, 0.3) is 0 Å². The van der Waals surface area contributed by atoms with Crippen LogP contribution in [0.3, 0.4) is 0 Å². The molecule has 22 heavy (non-hydrogen) atoms. The van der Waals surface area contributed by atoms with Gasteiger partial charge in [0.15, 0.2) is 17.6 Å². The number of rotatable bonds is 4. The number of ether oxygens (including phenoxy) is 3. The second kappa shape index (κ2) is 6.94. The summed E-state index contributed by atoms with van der Waals surface area (Å²) in [7, 11) is -4.43. The van der Waals surface area contributed by atoms with Crippen LogP contribution in [-0.4, -0.2) is 32.3 Å². The molecule has 3 rings (SSSR count). The van der Waals surface area contributed by atoms with Gasteiger partial charge in [0, 0.05) is 10.8 Å². The van der Waals surface area contributed by atoms with Crippen molar-refractivity contribution >= 4 is 21.5 Å². The van der Waals surface area contributed by atoms with Crippen molar-refractivity contribution in [1.82, 2.24) is 0 Å². The van der Waals surface area contributed by atoms with Gasteiger partial charge < -0.3 is 18.8 Å². The van der Waals surface area contributed by atoms with Gasteiger partial charge in [-0.2, -0.15) is 0 Å². The van der Waals surface area contributed by atoms with Gasteiger partial charge in [-0.1, -0.05) is 0 Å². The molecule has 0 bridgehead atoms. The van der Waals surface area contributed by atoms with Crippen LogP contribution in [-0.2, 0) is 10.1 Å². The van der Waals surface area contributed by atoms with E-state index >= 15 is 0 Å². The Morgan fingerprint density at radius 1 is 1.23 bits per heavy atom. The van der Waals surface area contributed by atoms with Crippen LogP contribution in [0.2, 0.25) is 0 Å². The number of benzene rings is 1. The largest absolute Gasteiger partial charge is 1.00 e. The van der Waals surface area contributed by atoms with Gasteiger partial charge >= 0.3 is 18.9 Å². The summed E-state index contributed by atoms with van der Waals surface area (Å²) in [5.74, 6) is 1.90. The summed E-state index contributed by atoms with van der Waals surface area (Å²) >= 11 is 1.50. The van der Waals surface area contributed by atoms with E-state index in [4.69, 9.17) is 14.2 Å². The van der Waals surface area contributed by atoms with Crippen molar-refractivity contribution in [1.29, 1.82) is 0 Å². The average Bonchev–Trinajstić information content (AvgIpc) is 2.92. The summed E-state index contributed by atoms with van der Waals surface area (Å²) in [4.78, 5) is -0.282. The zero-order chi connectivity index (χ0) is 14.9. The molecule has 0 radical (unpaired) electrons. The summed E-state index contributed by atoms with van der Waals surface area (Å²) in [5.41, 5.74) is 0. The van der Waals surface area contributed by atoms with Crippen molar-refractivity contribution in [2.24, 2.45) is 0 Å². The SMILES string of the molecule is O=S(=O)([O-])c1ccc(OCC2COc3cscc3O2)cc1.[Li+]. The molecule has 1 atom stereocenters. The predicted molar refractivity (Wildman–Crippen MR) is 74.1 cm³/mol. The number of hydrogen-bond donors (Lipinski definition) is 0. The monoisotopic (exact) mass is 334 g/mol. The zero-order valence-electron chi connectivity index (χ0n) is 11.7. The van der Waals surface area contributed by atoms with E-state index in [2.05, 4.69) is 0 Å². The average molecular weight is 334 g/mol. The number of fused-ring (bicyclic) bond motifs is 1. The van der Waals surface area contributed by atoms with E-state index in [1.165, 1.54) is 35.6 Å². The molecule has 1 unspecified atom stereocenters. The van der Waals surface area contributed by atoms with Crippen molar-refractivity contribution in [3.05, 3.63) is 35.0 Å². The molecule has 2 heterocycles. The van der Waals surface area contributed by atoms with Gasteiger partial charge in [0.2, 0.25) is 0 Å². The minimum Gasteiger partial charge on any atom is -0.744 e. The van der Waals surface area contributed by atoms with Crippen LogP contribution < -0.4 is 33.1 Å². The van der Waals surface area contributed by atoms with Gasteiger partial charge in [-0.3, -0.25) is 0 Å². The van der Waals surface area contributed by atoms with Crippen molar-refractivity contribution in [2.75, 3.05) is 13.2 Å². The Hall–Kier alpha value is -1.17. The summed E-state index contributed by atoms with van der Waals surface area (Å²) in [6, 6.07) is 5.30. The topological polar surface area (TPSA) is 84.9 Å². The third-order valence-corrected chi connectivity index (χ3v) is 4.41. The molecule has 112 valence electrons. The Kier molecular flexibility index (Phi) is 5.42. The number of thiophene rings is 1. The van der Waals surface area contributed by atoms with Gasteiger partial charge in [-0.15, -0.1) is 11.3 Å². The molecule has 1 aliphatic heterocycles. The minimum absolute atomic E-state index is 0. The molecule has 0 saturated heterocycles. The van der Waals surface area contributed by atoms with Crippen molar-refractivity contribution in [3.8, 4) is 17.2 Å². The zero-order valence-corrected chi connectivity index (χ0v) is 13.4. The minimum atomic E-state index is -4.43. The summed E-state index contributed by atoms with van der Waals surface area (Å²) in [5, 5.41) is 3.73. The first-order valence-corrected chi connectivity index (χ1v) is 8.42.